The fourth-order valence-electron chi connectivity index (χ4n) is 1.99. The summed E-state index contributed by atoms with van der Waals surface area (Å²) in [5.41, 5.74) is -0.0279. The maximum atomic E-state index is 13.1. The summed E-state index contributed by atoms with van der Waals surface area (Å²) in [6.07, 6.45) is -4.13. The Labute approximate surface area is 135 Å². The van der Waals surface area contributed by atoms with E-state index in [-0.39, 0.29) is 11.3 Å². The van der Waals surface area contributed by atoms with Gasteiger partial charge in [-0.25, -0.2) is 4.79 Å². The van der Waals surface area contributed by atoms with Crippen molar-refractivity contribution >= 4 is 11.9 Å². The Kier molecular flexibility index (Phi) is 5.18. The highest BCUT2D eigenvalue weighted by atomic mass is 19.4. The summed E-state index contributed by atoms with van der Waals surface area (Å²) < 4.78 is 39.4. The number of hydrogen-bond donors (Lipinski definition) is 2. The highest BCUT2D eigenvalue weighted by molar-refractivity contribution is 5.94. The number of hydrogen-bond acceptors (Lipinski definition) is 3. The standard InChI is InChI=1S/C16H13F3N2O3/c17-16(18,19)13(8-10-4-2-1-3-5-10)21-14(22)12-7-6-11(9-20-12)15(23)24/h1-7,9,13H,8H2,(H,21,22)(H,23,24). The molecule has 0 bridgehead atoms. The van der Waals surface area contributed by atoms with Crippen molar-refractivity contribution in [3.63, 3.8) is 0 Å². The van der Waals surface area contributed by atoms with Gasteiger partial charge in [0.05, 0.1) is 5.56 Å². The minimum atomic E-state index is -4.63. The van der Waals surface area contributed by atoms with Crippen LogP contribution in [0.25, 0.3) is 0 Å². The SMILES string of the molecule is O=C(O)c1ccc(C(=O)NC(Cc2ccccc2)C(F)(F)F)nc1. The smallest absolute Gasteiger partial charge is 0.408 e. The van der Waals surface area contributed by atoms with Gasteiger partial charge in [0.1, 0.15) is 11.7 Å². The zero-order valence-electron chi connectivity index (χ0n) is 12.2. The van der Waals surface area contributed by atoms with Crippen molar-refractivity contribution < 1.29 is 27.9 Å². The minimum absolute atomic E-state index is 0.164. The van der Waals surface area contributed by atoms with Crippen LogP contribution in [0.3, 0.4) is 0 Å². The number of nitrogens with one attached hydrogen (secondary N) is 1. The van der Waals surface area contributed by atoms with Crippen molar-refractivity contribution in [1.82, 2.24) is 10.3 Å². The van der Waals surface area contributed by atoms with Crippen LogP contribution in [0, 0.1) is 0 Å². The van der Waals surface area contributed by atoms with Crippen molar-refractivity contribution in [3.05, 3.63) is 65.5 Å². The van der Waals surface area contributed by atoms with E-state index in [2.05, 4.69) is 4.98 Å². The van der Waals surface area contributed by atoms with Crippen molar-refractivity contribution in [2.24, 2.45) is 0 Å². The molecule has 0 fully saturated rings. The van der Waals surface area contributed by atoms with E-state index in [9.17, 15) is 22.8 Å². The number of carbonyl (C=O) groups excluding carboxylic acids is 1. The van der Waals surface area contributed by atoms with Crippen LogP contribution in [0.15, 0.2) is 48.7 Å². The van der Waals surface area contributed by atoms with Crippen molar-refractivity contribution in [1.29, 1.82) is 0 Å². The molecule has 0 spiro atoms. The Balaban J connectivity index is 2.14. The molecular weight excluding hydrogens is 325 g/mol. The predicted molar refractivity (Wildman–Crippen MR) is 78.7 cm³/mol. The number of alkyl halides is 3. The molecule has 0 saturated heterocycles. The Morgan fingerprint density at radius 3 is 2.29 bits per heavy atom. The van der Waals surface area contributed by atoms with Crippen LogP contribution >= 0.6 is 0 Å². The van der Waals surface area contributed by atoms with E-state index in [1.54, 1.807) is 18.2 Å². The van der Waals surface area contributed by atoms with Crippen LogP contribution in [-0.4, -0.2) is 34.2 Å². The largest absolute Gasteiger partial charge is 0.478 e. The van der Waals surface area contributed by atoms with E-state index in [0.29, 0.717) is 5.56 Å². The third kappa shape index (κ3) is 4.55. The number of nitrogens with zero attached hydrogens (tertiary/aromatic N) is 1. The molecule has 1 atom stereocenters. The number of halogens is 3. The first kappa shape index (κ1) is 17.5. The molecule has 24 heavy (non-hydrogen) atoms. The Morgan fingerprint density at radius 2 is 1.79 bits per heavy atom. The molecule has 1 heterocycles. The summed E-state index contributed by atoms with van der Waals surface area (Å²) in [4.78, 5) is 26.2. The van der Waals surface area contributed by atoms with Crippen LogP contribution in [0.1, 0.15) is 26.4 Å². The molecule has 2 aromatic rings. The Bertz CT molecular complexity index is 716. The van der Waals surface area contributed by atoms with Gasteiger partial charge in [-0.2, -0.15) is 13.2 Å². The number of aromatic carboxylic acids is 1. The number of rotatable bonds is 5. The molecule has 2 rings (SSSR count). The van der Waals surface area contributed by atoms with Crippen molar-refractivity contribution in [2.75, 3.05) is 0 Å². The first-order chi connectivity index (χ1) is 11.3. The second kappa shape index (κ2) is 7.12. The number of carbonyl (C=O) groups is 2. The highest BCUT2D eigenvalue weighted by Crippen LogP contribution is 2.23. The molecule has 0 aliphatic rings. The van der Waals surface area contributed by atoms with E-state index >= 15 is 0 Å². The lowest BCUT2D eigenvalue weighted by Crippen LogP contribution is -2.47. The van der Waals surface area contributed by atoms with Gasteiger partial charge in [0.25, 0.3) is 5.91 Å². The van der Waals surface area contributed by atoms with E-state index in [1.807, 2.05) is 5.32 Å². The summed E-state index contributed by atoms with van der Waals surface area (Å²) in [6, 6.07) is 8.05. The zero-order valence-corrected chi connectivity index (χ0v) is 12.2. The second-order valence-corrected chi connectivity index (χ2v) is 4.99. The molecule has 0 radical (unpaired) electrons. The van der Waals surface area contributed by atoms with Gasteiger partial charge < -0.3 is 10.4 Å². The van der Waals surface area contributed by atoms with Crippen molar-refractivity contribution in [2.45, 2.75) is 18.6 Å². The average Bonchev–Trinajstić information content (AvgIpc) is 2.54. The fourth-order valence-corrected chi connectivity index (χ4v) is 1.99. The van der Waals surface area contributed by atoms with Gasteiger partial charge in [0, 0.05) is 12.6 Å². The van der Waals surface area contributed by atoms with E-state index < -0.39 is 30.5 Å². The van der Waals surface area contributed by atoms with Crippen LogP contribution < -0.4 is 5.32 Å². The predicted octanol–water partition coefficient (Wildman–Crippen LogP) is 2.68. The number of amides is 1. The van der Waals surface area contributed by atoms with E-state index in [4.69, 9.17) is 5.11 Å². The number of carboxylic acid groups (broad SMARTS) is 1. The van der Waals surface area contributed by atoms with E-state index in [1.165, 1.54) is 12.1 Å². The lowest BCUT2D eigenvalue weighted by Gasteiger charge is -2.21. The van der Waals surface area contributed by atoms with Gasteiger partial charge in [0.2, 0.25) is 0 Å². The summed E-state index contributed by atoms with van der Waals surface area (Å²) in [5.74, 6) is -2.27. The molecule has 0 aliphatic carbocycles. The average molecular weight is 338 g/mol. The molecule has 126 valence electrons. The molecule has 0 saturated carbocycles. The zero-order chi connectivity index (χ0) is 17.7. The first-order valence-corrected chi connectivity index (χ1v) is 6.88. The van der Waals surface area contributed by atoms with Gasteiger partial charge in [0.15, 0.2) is 0 Å². The van der Waals surface area contributed by atoms with Gasteiger partial charge in [-0.3, -0.25) is 9.78 Å². The summed E-state index contributed by atoms with van der Waals surface area (Å²) in [6.45, 7) is 0. The minimum Gasteiger partial charge on any atom is -0.478 e. The molecule has 1 unspecified atom stereocenters. The number of aromatic nitrogens is 1. The molecule has 5 nitrogen and oxygen atoms in total. The van der Waals surface area contributed by atoms with E-state index in [0.717, 1.165) is 18.3 Å². The van der Waals surface area contributed by atoms with Crippen molar-refractivity contribution in [3.8, 4) is 0 Å². The number of pyridine rings is 1. The van der Waals surface area contributed by atoms with Gasteiger partial charge in [-0.15, -0.1) is 0 Å². The lowest BCUT2D eigenvalue weighted by atomic mass is 10.1. The third-order valence-corrected chi connectivity index (χ3v) is 3.23. The van der Waals surface area contributed by atoms with Crippen LogP contribution in [0.4, 0.5) is 13.2 Å². The van der Waals surface area contributed by atoms with Crippen LogP contribution in [0.2, 0.25) is 0 Å². The normalized spacial score (nSPS) is 12.5. The molecule has 1 aromatic carbocycles. The molecular formula is C16H13F3N2O3. The Hall–Kier alpha value is -2.90. The lowest BCUT2D eigenvalue weighted by molar-refractivity contribution is -0.153. The van der Waals surface area contributed by atoms with Crippen LogP contribution in [-0.2, 0) is 6.42 Å². The van der Waals surface area contributed by atoms with Gasteiger partial charge in [-0.1, -0.05) is 30.3 Å². The Morgan fingerprint density at radius 1 is 1.12 bits per heavy atom. The second-order valence-electron chi connectivity index (χ2n) is 4.99. The quantitative estimate of drug-likeness (QED) is 0.878. The molecule has 8 heteroatoms. The first-order valence-electron chi connectivity index (χ1n) is 6.88. The maximum absolute atomic E-state index is 13.1. The molecule has 0 aliphatic heterocycles. The highest BCUT2D eigenvalue weighted by Gasteiger charge is 2.40. The summed E-state index contributed by atoms with van der Waals surface area (Å²) in [7, 11) is 0. The number of carboxylic acids is 1. The van der Waals surface area contributed by atoms with Crippen LogP contribution in [0.5, 0.6) is 0 Å². The van der Waals surface area contributed by atoms with Gasteiger partial charge >= 0.3 is 12.1 Å². The maximum Gasteiger partial charge on any atom is 0.408 e. The molecule has 2 N–H and O–H groups in total. The molecule has 1 amide bonds. The fraction of sp³-hybridized carbons (Fsp3) is 0.188. The summed E-state index contributed by atoms with van der Waals surface area (Å²) >= 11 is 0. The third-order valence-electron chi connectivity index (χ3n) is 3.23. The van der Waals surface area contributed by atoms with Gasteiger partial charge in [-0.05, 0) is 17.7 Å². The monoisotopic (exact) mass is 338 g/mol. The topological polar surface area (TPSA) is 79.3 Å². The number of benzene rings is 1. The summed E-state index contributed by atoms with van der Waals surface area (Å²) in [5, 5.41) is 10.6. The molecule has 1 aromatic heterocycles.